The molecule has 1 unspecified atom stereocenters. The molecule has 92 valence electrons. The minimum Gasteiger partial charge on any atom is -0.480 e. The smallest absolute Gasteiger partial charge is 0.321 e. The minimum absolute atomic E-state index is 0.311. The van der Waals surface area contributed by atoms with Crippen LogP contribution in [0.15, 0.2) is 24.3 Å². The highest BCUT2D eigenvalue weighted by Gasteiger charge is 2.41. The van der Waals surface area contributed by atoms with Crippen LogP contribution in [-0.2, 0) is 17.6 Å². The maximum atomic E-state index is 11.1. The summed E-state index contributed by atoms with van der Waals surface area (Å²) in [5.41, 5.74) is 8.10. The number of fused-ring (bicyclic) bond motifs is 1. The van der Waals surface area contributed by atoms with Gasteiger partial charge in [0, 0.05) is 0 Å². The third kappa shape index (κ3) is 2.07. The average Bonchev–Trinajstić information content (AvgIpc) is 2.71. The van der Waals surface area contributed by atoms with E-state index in [4.69, 9.17) is 10.8 Å². The van der Waals surface area contributed by atoms with Crippen molar-refractivity contribution in [1.82, 2.24) is 0 Å². The molecule has 0 aromatic heterocycles. The van der Waals surface area contributed by atoms with Crippen molar-refractivity contribution in [3.05, 3.63) is 35.4 Å². The van der Waals surface area contributed by atoms with Crippen molar-refractivity contribution in [3.8, 4) is 0 Å². The molecule has 0 radical (unpaired) electrons. The van der Waals surface area contributed by atoms with E-state index in [0.717, 1.165) is 12.8 Å². The van der Waals surface area contributed by atoms with Gasteiger partial charge in [-0.3, -0.25) is 4.79 Å². The summed E-state index contributed by atoms with van der Waals surface area (Å²) in [5, 5.41) is 9.07. The summed E-state index contributed by atoms with van der Waals surface area (Å²) in [5.74, 6) is -0.600. The van der Waals surface area contributed by atoms with E-state index in [1.54, 1.807) is 0 Å². The van der Waals surface area contributed by atoms with Gasteiger partial charge in [-0.1, -0.05) is 38.1 Å². The van der Waals surface area contributed by atoms with Gasteiger partial charge in [0.2, 0.25) is 0 Å². The molecule has 0 saturated carbocycles. The molecule has 3 N–H and O–H groups in total. The van der Waals surface area contributed by atoms with Gasteiger partial charge in [0.25, 0.3) is 0 Å². The molecule has 1 aromatic carbocycles. The molecule has 0 bridgehead atoms. The molecule has 0 spiro atoms. The molecule has 17 heavy (non-hydrogen) atoms. The third-order valence-electron chi connectivity index (χ3n) is 4.17. The van der Waals surface area contributed by atoms with Crippen LogP contribution in [0.4, 0.5) is 0 Å². The van der Waals surface area contributed by atoms with Crippen LogP contribution in [0.25, 0.3) is 0 Å². The zero-order valence-corrected chi connectivity index (χ0v) is 10.3. The van der Waals surface area contributed by atoms with Gasteiger partial charge in [-0.2, -0.15) is 0 Å². The molecule has 0 aliphatic heterocycles. The lowest BCUT2D eigenvalue weighted by Gasteiger charge is -2.34. The van der Waals surface area contributed by atoms with Crippen LogP contribution in [0.2, 0.25) is 0 Å². The van der Waals surface area contributed by atoms with Crippen LogP contribution >= 0.6 is 0 Å². The highest BCUT2D eigenvalue weighted by Crippen LogP contribution is 2.40. The monoisotopic (exact) mass is 233 g/mol. The molecule has 3 heteroatoms. The van der Waals surface area contributed by atoms with Crippen LogP contribution in [0.5, 0.6) is 0 Å². The van der Waals surface area contributed by atoms with Gasteiger partial charge in [-0.05, 0) is 35.3 Å². The quantitative estimate of drug-likeness (QED) is 0.837. The zero-order valence-electron chi connectivity index (χ0n) is 10.3. The molecular formula is C14H19NO2. The van der Waals surface area contributed by atoms with Gasteiger partial charge in [0.05, 0.1) is 0 Å². The lowest BCUT2D eigenvalue weighted by atomic mass is 9.72. The molecule has 0 heterocycles. The van der Waals surface area contributed by atoms with Gasteiger partial charge >= 0.3 is 5.97 Å². The van der Waals surface area contributed by atoms with E-state index in [9.17, 15) is 4.79 Å². The molecule has 1 aromatic rings. The molecule has 3 nitrogen and oxygen atoms in total. The number of carbonyl (C=O) groups is 1. The second-order valence-electron chi connectivity index (χ2n) is 5.51. The molecule has 1 aliphatic rings. The average molecular weight is 233 g/mol. The Kier molecular flexibility index (Phi) is 2.96. The SMILES string of the molecule is CC(C)(C1Cc2ccccc2C1)C(N)C(=O)O. The van der Waals surface area contributed by atoms with Gasteiger partial charge in [0.15, 0.2) is 0 Å². The lowest BCUT2D eigenvalue weighted by molar-refractivity contribution is -0.142. The van der Waals surface area contributed by atoms with Crippen molar-refractivity contribution in [2.24, 2.45) is 17.1 Å². The van der Waals surface area contributed by atoms with Crippen molar-refractivity contribution in [2.75, 3.05) is 0 Å². The standard InChI is InChI=1S/C14H19NO2/c1-14(2,12(15)13(16)17)11-7-9-5-3-4-6-10(9)8-11/h3-6,11-12H,7-8,15H2,1-2H3,(H,16,17). The Morgan fingerprint density at radius 3 is 2.24 bits per heavy atom. The number of nitrogens with two attached hydrogens (primary N) is 1. The number of hydrogen-bond donors (Lipinski definition) is 2. The van der Waals surface area contributed by atoms with Crippen LogP contribution in [0.1, 0.15) is 25.0 Å². The zero-order chi connectivity index (χ0) is 12.6. The first-order chi connectivity index (χ1) is 7.93. The first kappa shape index (κ1) is 12.1. The van der Waals surface area contributed by atoms with Crippen LogP contribution in [0, 0.1) is 11.3 Å². The highest BCUT2D eigenvalue weighted by molar-refractivity contribution is 5.74. The highest BCUT2D eigenvalue weighted by atomic mass is 16.4. The van der Waals surface area contributed by atoms with Crippen molar-refractivity contribution in [2.45, 2.75) is 32.7 Å². The Morgan fingerprint density at radius 1 is 1.35 bits per heavy atom. The van der Waals surface area contributed by atoms with E-state index < -0.39 is 12.0 Å². The number of carboxylic acid groups (broad SMARTS) is 1. The van der Waals surface area contributed by atoms with Gasteiger partial charge in [0.1, 0.15) is 6.04 Å². The van der Waals surface area contributed by atoms with Crippen LogP contribution < -0.4 is 5.73 Å². The number of rotatable bonds is 3. The normalized spacial score (nSPS) is 17.8. The number of aliphatic carboxylic acids is 1. The Labute approximate surface area is 102 Å². The van der Waals surface area contributed by atoms with Crippen molar-refractivity contribution in [3.63, 3.8) is 0 Å². The molecule has 0 amide bonds. The van der Waals surface area contributed by atoms with E-state index in [1.807, 2.05) is 26.0 Å². The summed E-state index contributed by atoms with van der Waals surface area (Å²) in [6, 6.07) is 7.51. The Morgan fingerprint density at radius 2 is 1.82 bits per heavy atom. The Balaban J connectivity index is 2.20. The Hall–Kier alpha value is -1.35. The summed E-state index contributed by atoms with van der Waals surface area (Å²) >= 11 is 0. The molecule has 1 atom stereocenters. The van der Waals surface area contributed by atoms with E-state index >= 15 is 0 Å². The van der Waals surface area contributed by atoms with Crippen LogP contribution in [-0.4, -0.2) is 17.1 Å². The lowest BCUT2D eigenvalue weighted by Crippen LogP contribution is -2.48. The van der Waals surface area contributed by atoms with E-state index in [1.165, 1.54) is 11.1 Å². The summed E-state index contributed by atoms with van der Waals surface area (Å²) in [7, 11) is 0. The Bertz CT molecular complexity index is 415. The van der Waals surface area contributed by atoms with Crippen molar-refractivity contribution >= 4 is 5.97 Å². The number of hydrogen-bond acceptors (Lipinski definition) is 2. The second-order valence-corrected chi connectivity index (χ2v) is 5.51. The van der Waals surface area contributed by atoms with E-state index in [0.29, 0.717) is 5.92 Å². The first-order valence-electron chi connectivity index (χ1n) is 5.98. The van der Waals surface area contributed by atoms with Gasteiger partial charge in [-0.15, -0.1) is 0 Å². The van der Waals surface area contributed by atoms with Crippen LogP contribution in [0.3, 0.4) is 0 Å². The minimum atomic E-state index is -0.911. The van der Waals surface area contributed by atoms with E-state index in [2.05, 4.69) is 12.1 Å². The fraction of sp³-hybridized carbons (Fsp3) is 0.500. The summed E-state index contributed by atoms with van der Waals surface area (Å²) in [4.78, 5) is 11.1. The molecule has 0 saturated heterocycles. The van der Waals surface area contributed by atoms with Crippen molar-refractivity contribution in [1.29, 1.82) is 0 Å². The summed E-state index contributed by atoms with van der Waals surface area (Å²) < 4.78 is 0. The fourth-order valence-corrected chi connectivity index (χ4v) is 2.66. The molecular weight excluding hydrogens is 214 g/mol. The number of carboxylic acids is 1. The first-order valence-corrected chi connectivity index (χ1v) is 5.98. The van der Waals surface area contributed by atoms with Crippen molar-refractivity contribution < 1.29 is 9.90 Å². The largest absolute Gasteiger partial charge is 0.480 e. The summed E-state index contributed by atoms with van der Waals surface area (Å²) in [6.45, 7) is 3.92. The predicted molar refractivity (Wildman–Crippen MR) is 66.7 cm³/mol. The van der Waals surface area contributed by atoms with Gasteiger partial charge < -0.3 is 10.8 Å². The topological polar surface area (TPSA) is 63.3 Å². The maximum Gasteiger partial charge on any atom is 0.321 e. The molecule has 0 fully saturated rings. The molecule has 2 rings (SSSR count). The van der Waals surface area contributed by atoms with Gasteiger partial charge in [-0.25, -0.2) is 0 Å². The maximum absolute atomic E-state index is 11.1. The van der Waals surface area contributed by atoms with E-state index in [-0.39, 0.29) is 5.41 Å². The fourth-order valence-electron chi connectivity index (χ4n) is 2.66. The third-order valence-corrected chi connectivity index (χ3v) is 4.17. The predicted octanol–water partition coefficient (Wildman–Crippen LogP) is 1.84. The molecule has 1 aliphatic carbocycles. The number of benzene rings is 1. The summed E-state index contributed by atoms with van der Waals surface area (Å²) in [6.07, 6.45) is 1.87. The second kappa shape index (κ2) is 4.15.